The summed E-state index contributed by atoms with van der Waals surface area (Å²) in [6, 6.07) is 9.17. The van der Waals surface area contributed by atoms with E-state index in [0.717, 1.165) is 23.3 Å². The van der Waals surface area contributed by atoms with E-state index in [1.165, 1.54) is 0 Å². The average Bonchev–Trinajstić information content (AvgIpc) is 2.59. The van der Waals surface area contributed by atoms with Gasteiger partial charge in [0.25, 0.3) is 0 Å². The van der Waals surface area contributed by atoms with Crippen LogP contribution in [-0.2, 0) is 11.2 Å². The molecule has 1 aliphatic heterocycles. The first-order chi connectivity index (χ1) is 13.5. The predicted molar refractivity (Wildman–Crippen MR) is 114 cm³/mol. The molecule has 0 bridgehead atoms. The maximum Gasteiger partial charge on any atom is 0.412 e. The number of aliphatic imine (C=N–C) groups is 1. The van der Waals surface area contributed by atoms with Crippen molar-refractivity contribution in [3.05, 3.63) is 59.4 Å². The first kappa shape index (κ1) is 20.7. The van der Waals surface area contributed by atoms with Crippen molar-refractivity contribution in [1.82, 2.24) is 4.98 Å². The number of fused-ring (bicyclic) bond motifs is 1. The fourth-order valence-electron chi connectivity index (χ4n) is 3.37. The van der Waals surface area contributed by atoms with Crippen LogP contribution in [0.4, 0.5) is 10.5 Å². The Kier molecular flexibility index (Phi) is 5.55. The van der Waals surface area contributed by atoms with E-state index in [2.05, 4.69) is 10.3 Å². The molecule has 0 spiro atoms. The largest absolute Gasteiger partial charge is 0.444 e. The Labute approximate surface area is 171 Å². The summed E-state index contributed by atoms with van der Waals surface area (Å²) in [4.78, 5) is 33.6. The second kappa shape index (κ2) is 7.78. The number of ketones is 1. The second-order valence-corrected chi connectivity index (χ2v) is 8.89. The lowest BCUT2D eigenvalue weighted by atomic mass is 9.85. The van der Waals surface area contributed by atoms with Crippen molar-refractivity contribution in [2.75, 3.05) is 5.32 Å². The van der Waals surface area contributed by atoms with E-state index in [0.29, 0.717) is 11.3 Å². The molecule has 1 aromatic carbocycles. The molecule has 0 saturated heterocycles. The standard InChI is InChI=1S/C23H27N3O3/c1-22(2,3)29-21(28)25-17-8-9-18-16(11-17)13-23(4,5)26-19(18)12-20(27)15-7-6-10-24-14-15/h6-11,14H,12-13H2,1-5H3,(H,25,28). The number of aromatic nitrogens is 1. The monoisotopic (exact) mass is 393 g/mol. The number of amides is 1. The highest BCUT2D eigenvalue weighted by atomic mass is 16.6. The molecule has 1 N–H and O–H groups in total. The van der Waals surface area contributed by atoms with Gasteiger partial charge in [0.2, 0.25) is 0 Å². The zero-order valence-electron chi connectivity index (χ0n) is 17.6. The molecule has 0 unspecified atom stereocenters. The van der Waals surface area contributed by atoms with Crippen molar-refractivity contribution in [2.24, 2.45) is 4.99 Å². The third-order valence-electron chi connectivity index (χ3n) is 4.43. The van der Waals surface area contributed by atoms with Gasteiger partial charge in [-0.2, -0.15) is 0 Å². The summed E-state index contributed by atoms with van der Waals surface area (Å²) in [7, 11) is 0. The van der Waals surface area contributed by atoms with E-state index < -0.39 is 11.7 Å². The number of Topliss-reactive ketones (excluding diaryl/α,β-unsaturated/α-hetero) is 1. The lowest BCUT2D eigenvalue weighted by Crippen LogP contribution is -2.30. The quantitative estimate of drug-likeness (QED) is 0.755. The van der Waals surface area contributed by atoms with Crippen LogP contribution in [0.3, 0.4) is 0 Å². The number of carbonyl (C=O) groups is 2. The van der Waals surface area contributed by atoms with Gasteiger partial charge in [-0.15, -0.1) is 0 Å². The van der Waals surface area contributed by atoms with E-state index in [1.54, 1.807) is 24.5 Å². The summed E-state index contributed by atoms with van der Waals surface area (Å²) < 4.78 is 5.33. The van der Waals surface area contributed by atoms with Crippen LogP contribution in [0.2, 0.25) is 0 Å². The molecule has 0 aliphatic carbocycles. The molecule has 0 radical (unpaired) electrons. The minimum Gasteiger partial charge on any atom is -0.444 e. The van der Waals surface area contributed by atoms with Crippen molar-refractivity contribution in [2.45, 2.75) is 58.6 Å². The number of ether oxygens (including phenoxy) is 1. The Balaban J connectivity index is 1.84. The van der Waals surface area contributed by atoms with Gasteiger partial charge in [0.1, 0.15) is 5.60 Å². The number of carbonyl (C=O) groups excluding carboxylic acids is 2. The smallest absolute Gasteiger partial charge is 0.412 e. The Morgan fingerprint density at radius 2 is 1.97 bits per heavy atom. The third-order valence-corrected chi connectivity index (χ3v) is 4.43. The van der Waals surface area contributed by atoms with Crippen molar-refractivity contribution in [3.8, 4) is 0 Å². The van der Waals surface area contributed by atoms with E-state index in [9.17, 15) is 9.59 Å². The fourth-order valence-corrected chi connectivity index (χ4v) is 3.37. The number of nitrogens with one attached hydrogen (secondary N) is 1. The highest BCUT2D eigenvalue weighted by Gasteiger charge is 2.28. The van der Waals surface area contributed by atoms with Crippen LogP contribution in [0.15, 0.2) is 47.7 Å². The van der Waals surface area contributed by atoms with Gasteiger partial charge in [-0.25, -0.2) is 4.79 Å². The molecular weight excluding hydrogens is 366 g/mol. The van der Waals surface area contributed by atoms with Gasteiger partial charge in [-0.1, -0.05) is 6.07 Å². The summed E-state index contributed by atoms with van der Waals surface area (Å²) >= 11 is 0. The minimum absolute atomic E-state index is 0.0172. The van der Waals surface area contributed by atoms with Crippen LogP contribution in [0.5, 0.6) is 0 Å². The van der Waals surface area contributed by atoms with Gasteiger partial charge in [-0.3, -0.25) is 20.1 Å². The molecule has 6 nitrogen and oxygen atoms in total. The summed E-state index contributed by atoms with van der Waals surface area (Å²) in [6.07, 6.45) is 3.66. The summed E-state index contributed by atoms with van der Waals surface area (Å²) in [5.74, 6) is -0.0172. The van der Waals surface area contributed by atoms with Crippen molar-refractivity contribution in [1.29, 1.82) is 0 Å². The third kappa shape index (κ3) is 5.50. The van der Waals surface area contributed by atoms with Gasteiger partial charge >= 0.3 is 6.09 Å². The van der Waals surface area contributed by atoms with Crippen LogP contribution >= 0.6 is 0 Å². The fraction of sp³-hybridized carbons (Fsp3) is 0.391. The molecule has 29 heavy (non-hydrogen) atoms. The molecule has 0 atom stereocenters. The van der Waals surface area contributed by atoms with E-state index >= 15 is 0 Å². The number of benzene rings is 1. The average molecular weight is 393 g/mol. The molecule has 6 heteroatoms. The maximum absolute atomic E-state index is 12.7. The summed E-state index contributed by atoms with van der Waals surface area (Å²) in [5, 5.41) is 2.78. The van der Waals surface area contributed by atoms with E-state index in [-0.39, 0.29) is 17.7 Å². The number of hydrogen-bond donors (Lipinski definition) is 1. The number of rotatable bonds is 4. The van der Waals surface area contributed by atoms with Gasteiger partial charge in [0, 0.05) is 23.6 Å². The van der Waals surface area contributed by atoms with Gasteiger partial charge in [-0.05, 0) is 76.4 Å². The minimum atomic E-state index is -0.563. The van der Waals surface area contributed by atoms with Crippen molar-refractivity contribution < 1.29 is 14.3 Å². The zero-order valence-corrected chi connectivity index (χ0v) is 17.6. The zero-order chi connectivity index (χ0) is 21.2. The molecular formula is C23H27N3O3. The van der Waals surface area contributed by atoms with Crippen LogP contribution in [0.25, 0.3) is 0 Å². The summed E-state index contributed by atoms with van der Waals surface area (Å²) in [5.41, 5.74) is 3.09. The maximum atomic E-state index is 12.7. The highest BCUT2D eigenvalue weighted by molar-refractivity contribution is 6.16. The van der Waals surface area contributed by atoms with Crippen molar-refractivity contribution >= 4 is 23.3 Å². The number of anilines is 1. The molecule has 2 aromatic rings. The SMILES string of the molecule is CC1(C)Cc2cc(NC(=O)OC(C)(C)C)ccc2C(CC(=O)c2cccnc2)=N1. The molecule has 1 aliphatic rings. The lowest BCUT2D eigenvalue weighted by molar-refractivity contribution is 0.0635. The predicted octanol–water partition coefficient (Wildman–Crippen LogP) is 4.83. The number of pyridine rings is 1. The van der Waals surface area contributed by atoms with Crippen LogP contribution in [0.1, 0.15) is 62.5 Å². The van der Waals surface area contributed by atoms with Crippen molar-refractivity contribution in [3.63, 3.8) is 0 Å². The topological polar surface area (TPSA) is 80.6 Å². The van der Waals surface area contributed by atoms with Crippen LogP contribution < -0.4 is 5.32 Å². The molecule has 0 fully saturated rings. The lowest BCUT2D eigenvalue weighted by Gasteiger charge is -2.29. The molecule has 2 heterocycles. The Morgan fingerprint density at radius 1 is 1.21 bits per heavy atom. The van der Waals surface area contributed by atoms with Gasteiger partial charge in [0.05, 0.1) is 17.7 Å². The first-order valence-corrected chi connectivity index (χ1v) is 9.68. The Bertz CT molecular complexity index is 957. The molecule has 152 valence electrons. The van der Waals surface area contributed by atoms with Crippen LogP contribution in [-0.4, -0.2) is 33.7 Å². The van der Waals surface area contributed by atoms with E-state index in [4.69, 9.17) is 9.73 Å². The highest BCUT2D eigenvalue weighted by Crippen LogP contribution is 2.30. The number of hydrogen-bond acceptors (Lipinski definition) is 5. The Hall–Kier alpha value is -3.02. The molecule has 1 aromatic heterocycles. The molecule has 1 amide bonds. The van der Waals surface area contributed by atoms with Gasteiger partial charge < -0.3 is 4.74 Å². The normalized spacial score (nSPS) is 15.1. The van der Waals surface area contributed by atoms with E-state index in [1.807, 2.05) is 52.8 Å². The molecule has 3 rings (SSSR count). The summed E-state index contributed by atoms with van der Waals surface area (Å²) in [6.45, 7) is 9.55. The number of nitrogens with zero attached hydrogens (tertiary/aromatic N) is 2. The Morgan fingerprint density at radius 3 is 2.62 bits per heavy atom. The molecule has 0 saturated carbocycles. The second-order valence-electron chi connectivity index (χ2n) is 8.89. The van der Waals surface area contributed by atoms with Gasteiger partial charge in [0.15, 0.2) is 5.78 Å². The van der Waals surface area contributed by atoms with Crippen LogP contribution in [0, 0.1) is 0 Å². The first-order valence-electron chi connectivity index (χ1n) is 9.68.